The fraction of sp³-hybridized carbons (Fsp3) is 0.0270. The van der Waals surface area contributed by atoms with Crippen molar-refractivity contribution in [1.82, 2.24) is 0 Å². The highest BCUT2D eigenvalue weighted by Gasteiger charge is 2.45. The number of fused-ring (bicyclic) bond motifs is 5. The van der Waals surface area contributed by atoms with E-state index in [9.17, 15) is 0 Å². The lowest BCUT2D eigenvalue weighted by Crippen LogP contribution is -2.28. The quantitative estimate of drug-likeness (QED) is 0.244. The number of benzene rings is 6. The molecule has 2 nitrogen and oxygen atoms in total. The number of rotatable bonds is 4. The third-order valence-electron chi connectivity index (χ3n) is 7.98. The molecule has 1 aliphatic carbocycles. The van der Waals surface area contributed by atoms with E-state index in [1.54, 1.807) is 11.8 Å². The van der Waals surface area contributed by atoms with Gasteiger partial charge in [0.2, 0.25) is 0 Å². The summed E-state index contributed by atoms with van der Waals surface area (Å²) in [5.74, 6) is 1.78. The summed E-state index contributed by atoms with van der Waals surface area (Å²) < 4.78 is 6.25. The summed E-state index contributed by atoms with van der Waals surface area (Å²) in [4.78, 5) is 2.27. The number of para-hydroxylation sites is 1. The Labute approximate surface area is 238 Å². The van der Waals surface area contributed by atoms with Crippen LogP contribution in [0, 0.1) is 0 Å². The van der Waals surface area contributed by atoms with Crippen molar-refractivity contribution >= 4 is 23.1 Å². The molecule has 8 rings (SSSR count). The molecule has 1 heterocycles. The Morgan fingerprint density at radius 3 is 1.90 bits per heavy atom. The smallest absolute Gasteiger partial charge is 0.143 e. The zero-order chi connectivity index (χ0) is 26.5. The van der Waals surface area contributed by atoms with E-state index >= 15 is 0 Å². The van der Waals surface area contributed by atoms with Gasteiger partial charge in [0.1, 0.15) is 11.5 Å². The van der Waals surface area contributed by atoms with Crippen molar-refractivity contribution < 1.29 is 4.74 Å². The van der Waals surface area contributed by atoms with Crippen LogP contribution in [0.15, 0.2) is 155 Å². The van der Waals surface area contributed by atoms with Crippen molar-refractivity contribution in [3.8, 4) is 22.6 Å². The van der Waals surface area contributed by atoms with Crippen LogP contribution in [0.2, 0.25) is 0 Å². The predicted octanol–water partition coefficient (Wildman–Crippen LogP) is 10.1. The molecule has 0 saturated heterocycles. The van der Waals surface area contributed by atoms with Crippen LogP contribution < -0.4 is 10.1 Å². The van der Waals surface area contributed by atoms with Crippen LogP contribution in [0.1, 0.15) is 22.3 Å². The summed E-state index contributed by atoms with van der Waals surface area (Å²) in [5.41, 5.74) is 9.35. The maximum atomic E-state index is 6.25. The number of nitrogens with one attached hydrogen (secondary N) is 1. The first-order chi connectivity index (χ1) is 19.8. The lowest BCUT2D eigenvalue weighted by Gasteiger charge is -2.34. The second-order valence-corrected chi connectivity index (χ2v) is 11.3. The minimum atomic E-state index is -0.411. The Morgan fingerprint density at radius 1 is 0.475 bits per heavy atom. The zero-order valence-corrected chi connectivity index (χ0v) is 22.5. The lowest BCUT2D eigenvalue weighted by molar-refractivity contribution is 0.455. The van der Waals surface area contributed by atoms with Gasteiger partial charge in [-0.3, -0.25) is 0 Å². The van der Waals surface area contributed by atoms with Gasteiger partial charge < -0.3 is 10.1 Å². The van der Waals surface area contributed by atoms with Crippen LogP contribution in [0.3, 0.4) is 0 Å². The minimum Gasteiger partial charge on any atom is -0.455 e. The SMILES string of the molecule is c1ccc(C2(c3cccc(Nc4ccc5c(c4)Oc4ccccc4S5)c3)c3ccccc3-c3ccccc32)cc1. The van der Waals surface area contributed by atoms with Crippen molar-refractivity contribution in [1.29, 1.82) is 0 Å². The Bertz CT molecular complexity index is 1850. The second kappa shape index (κ2) is 9.18. The van der Waals surface area contributed by atoms with E-state index in [1.807, 2.05) is 18.2 Å². The van der Waals surface area contributed by atoms with Crippen LogP contribution in [0.4, 0.5) is 11.4 Å². The molecule has 190 valence electrons. The Balaban J connectivity index is 1.24. The highest BCUT2D eigenvalue weighted by Crippen LogP contribution is 2.56. The predicted molar refractivity (Wildman–Crippen MR) is 164 cm³/mol. The van der Waals surface area contributed by atoms with Crippen LogP contribution >= 0.6 is 11.8 Å². The van der Waals surface area contributed by atoms with E-state index in [0.29, 0.717) is 0 Å². The molecule has 0 saturated carbocycles. The highest BCUT2D eigenvalue weighted by molar-refractivity contribution is 7.99. The molecule has 2 aliphatic rings. The number of anilines is 2. The summed E-state index contributed by atoms with van der Waals surface area (Å²) in [6.07, 6.45) is 0. The van der Waals surface area contributed by atoms with Gasteiger partial charge in [0.05, 0.1) is 15.2 Å². The van der Waals surface area contributed by atoms with Gasteiger partial charge >= 0.3 is 0 Å². The van der Waals surface area contributed by atoms with Gasteiger partial charge in [0.15, 0.2) is 0 Å². The van der Waals surface area contributed by atoms with E-state index in [-0.39, 0.29) is 0 Å². The monoisotopic (exact) mass is 531 g/mol. The van der Waals surface area contributed by atoms with Crippen molar-refractivity contribution in [3.63, 3.8) is 0 Å². The van der Waals surface area contributed by atoms with Gasteiger partial charge in [-0.15, -0.1) is 0 Å². The normalized spacial score (nSPS) is 13.8. The average Bonchev–Trinajstić information content (AvgIpc) is 3.32. The van der Waals surface area contributed by atoms with E-state index in [0.717, 1.165) is 32.7 Å². The third kappa shape index (κ3) is 3.52. The molecule has 6 aromatic rings. The van der Waals surface area contributed by atoms with Crippen molar-refractivity contribution in [2.24, 2.45) is 0 Å². The van der Waals surface area contributed by atoms with Gasteiger partial charge in [0.25, 0.3) is 0 Å². The van der Waals surface area contributed by atoms with Gasteiger partial charge in [-0.1, -0.05) is 115 Å². The van der Waals surface area contributed by atoms with E-state index in [1.165, 1.54) is 33.4 Å². The standard InChI is InChI=1S/C37H25NOS/c1-2-11-25(12-3-1)37(31-17-6-4-15-29(31)30-16-5-7-18-32(30)37)26-13-10-14-27(23-26)38-28-21-22-36-34(24-28)39-33-19-8-9-20-35(33)40-36/h1-24,38H. The highest BCUT2D eigenvalue weighted by atomic mass is 32.2. The van der Waals surface area contributed by atoms with Crippen molar-refractivity contribution in [3.05, 3.63) is 168 Å². The number of ether oxygens (including phenoxy) is 1. The van der Waals surface area contributed by atoms with E-state index in [2.05, 4.69) is 133 Å². The van der Waals surface area contributed by atoms with E-state index in [4.69, 9.17) is 4.74 Å². The molecule has 3 heteroatoms. The van der Waals surface area contributed by atoms with E-state index < -0.39 is 5.41 Å². The fourth-order valence-electron chi connectivity index (χ4n) is 6.31. The van der Waals surface area contributed by atoms with Crippen LogP contribution in [0.5, 0.6) is 11.5 Å². The third-order valence-corrected chi connectivity index (χ3v) is 9.09. The molecule has 0 aromatic heterocycles. The second-order valence-electron chi connectivity index (χ2n) is 10.2. The van der Waals surface area contributed by atoms with Gasteiger partial charge in [-0.25, -0.2) is 0 Å². The summed E-state index contributed by atoms with van der Waals surface area (Å²) in [6, 6.07) is 52.0. The summed E-state index contributed by atoms with van der Waals surface area (Å²) in [5, 5.41) is 3.67. The molecule has 1 N–H and O–H groups in total. The van der Waals surface area contributed by atoms with Gasteiger partial charge in [0, 0.05) is 17.4 Å². The summed E-state index contributed by atoms with van der Waals surface area (Å²) in [6.45, 7) is 0. The molecule has 0 amide bonds. The van der Waals surface area contributed by atoms with Crippen molar-refractivity contribution in [2.75, 3.05) is 5.32 Å². The maximum absolute atomic E-state index is 6.25. The van der Waals surface area contributed by atoms with Crippen molar-refractivity contribution in [2.45, 2.75) is 15.2 Å². The number of hydrogen-bond donors (Lipinski definition) is 1. The molecule has 0 radical (unpaired) electrons. The maximum Gasteiger partial charge on any atom is 0.143 e. The van der Waals surface area contributed by atoms with Crippen LogP contribution in [-0.4, -0.2) is 0 Å². The topological polar surface area (TPSA) is 21.3 Å². The largest absolute Gasteiger partial charge is 0.455 e. The van der Waals surface area contributed by atoms with Crippen LogP contribution in [0.25, 0.3) is 11.1 Å². The average molecular weight is 532 g/mol. The van der Waals surface area contributed by atoms with Crippen LogP contribution in [-0.2, 0) is 5.41 Å². The lowest BCUT2D eigenvalue weighted by atomic mass is 9.67. The first-order valence-corrected chi connectivity index (χ1v) is 14.3. The van der Waals surface area contributed by atoms with Gasteiger partial charge in [-0.05, 0) is 69.8 Å². The number of hydrogen-bond acceptors (Lipinski definition) is 3. The summed E-state index contributed by atoms with van der Waals surface area (Å²) in [7, 11) is 0. The Kier molecular flexibility index (Phi) is 5.32. The molecule has 0 fully saturated rings. The molecule has 0 spiro atoms. The molecule has 40 heavy (non-hydrogen) atoms. The Hall–Kier alpha value is -4.73. The molecule has 1 aliphatic heterocycles. The first kappa shape index (κ1) is 23.2. The molecule has 0 bridgehead atoms. The molecule has 6 aromatic carbocycles. The molecule has 0 unspecified atom stereocenters. The molecular weight excluding hydrogens is 506 g/mol. The minimum absolute atomic E-state index is 0.411. The summed E-state index contributed by atoms with van der Waals surface area (Å²) >= 11 is 1.75. The van der Waals surface area contributed by atoms with Gasteiger partial charge in [-0.2, -0.15) is 0 Å². The Morgan fingerprint density at radius 2 is 1.10 bits per heavy atom. The molecule has 0 atom stereocenters. The fourth-order valence-corrected chi connectivity index (χ4v) is 7.25. The first-order valence-electron chi connectivity index (χ1n) is 13.5. The zero-order valence-electron chi connectivity index (χ0n) is 21.7. The molecular formula is C37H25NOS.